The summed E-state index contributed by atoms with van der Waals surface area (Å²) in [6.45, 7) is 8.68. The van der Waals surface area contributed by atoms with E-state index in [0.29, 0.717) is 13.1 Å². The predicted octanol–water partition coefficient (Wildman–Crippen LogP) is 1.69. The van der Waals surface area contributed by atoms with E-state index in [-0.39, 0.29) is 23.4 Å². The highest BCUT2D eigenvalue weighted by Crippen LogP contribution is 2.20. The highest BCUT2D eigenvalue weighted by molar-refractivity contribution is 7.89. The van der Waals surface area contributed by atoms with Crippen LogP contribution in [-0.2, 0) is 14.8 Å². The predicted molar refractivity (Wildman–Crippen MR) is 95.3 cm³/mol. The molecule has 1 heterocycles. The van der Waals surface area contributed by atoms with Gasteiger partial charge in [-0.25, -0.2) is 8.42 Å². The van der Waals surface area contributed by atoms with Gasteiger partial charge in [-0.1, -0.05) is 12.2 Å². The fourth-order valence-corrected chi connectivity index (χ4v) is 3.74. The van der Waals surface area contributed by atoms with Crippen LogP contribution in [-0.4, -0.2) is 56.3 Å². The molecule has 1 saturated heterocycles. The summed E-state index contributed by atoms with van der Waals surface area (Å²) in [6, 6.07) is 6.16. The molecule has 7 heteroatoms. The van der Waals surface area contributed by atoms with Gasteiger partial charge in [0.05, 0.1) is 4.90 Å². The number of hydrogen-bond donors (Lipinski definition) is 1. The number of likely N-dealkylation sites (N-methyl/N-ethyl adjacent to an activating group) is 1. The molecule has 24 heavy (non-hydrogen) atoms. The number of amides is 1. The van der Waals surface area contributed by atoms with Crippen molar-refractivity contribution >= 4 is 21.6 Å². The molecule has 1 aliphatic heterocycles. The van der Waals surface area contributed by atoms with Gasteiger partial charge in [0.2, 0.25) is 15.9 Å². The van der Waals surface area contributed by atoms with E-state index in [4.69, 9.17) is 0 Å². The summed E-state index contributed by atoms with van der Waals surface area (Å²) in [5.74, 6) is 0.0392. The normalized spacial score (nSPS) is 18.0. The lowest BCUT2D eigenvalue weighted by molar-refractivity contribution is -0.127. The second-order valence-electron chi connectivity index (χ2n) is 5.66. The van der Waals surface area contributed by atoms with Crippen molar-refractivity contribution in [1.29, 1.82) is 0 Å². The van der Waals surface area contributed by atoms with Gasteiger partial charge >= 0.3 is 0 Å². The van der Waals surface area contributed by atoms with E-state index in [0.717, 1.165) is 12.1 Å². The van der Waals surface area contributed by atoms with Crippen LogP contribution in [0.25, 0.3) is 0 Å². The maximum Gasteiger partial charge on any atom is 0.245 e. The van der Waals surface area contributed by atoms with Gasteiger partial charge in [0.25, 0.3) is 0 Å². The number of benzene rings is 1. The summed E-state index contributed by atoms with van der Waals surface area (Å²) in [4.78, 5) is 14.1. The van der Waals surface area contributed by atoms with Gasteiger partial charge in [-0.2, -0.15) is 4.31 Å². The van der Waals surface area contributed by atoms with Crippen LogP contribution in [0.4, 0.5) is 5.69 Å². The fourth-order valence-electron chi connectivity index (χ4n) is 2.59. The van der Waals surface area contributed by atoms with Crippen molar-refractivity contribution < 1.29 is 13.2 Å². The monoisotopic (exact) mass is 349 g/mol. The number of hydrogen-bond acceptors (Lipinski definition) is 4. The van der Waals surface area contributed by atoms with Crippen LogP contribution in [0, 0.1) is 0 Å². The van der Waals surface area contributed by atoms with Gasteiger partial charge < -0.3 is 10.2 Å². The smallest absolute Gasteiger partial charge is 0.245 e. The van der Waals surface area contributed by atoms with E-state index in [2.05, 4.69) is 18.5 Å². The van der Waals surface area contributed by atoms with Crippen molar-refractivity contribution in [3.8, 4) is 0 Å². The Morgan fingerprint density at radius 2 is 1.96 bits per heavy atom. The van der Waals surface area contributed by atoms with Crippen molar-refractivity contribution in [2.75, 3.05) is 32.0 Å². The first-order chi connectivity index (χ1) is 11.4. The van der Waals surface area contributed by atoms with Crippen molar-refractivity contribution in [2.24, 2.45) is 0 Å². The maximum absolute atomic E-state index is 12.3. The summed E-state index contributed by atoms with van der Waals surface area (Å²) in [5.41, 5.74) is 0.721. The summed E-state index contributed by atoms with van der Waals surface area (Å²) in [6.07, 6.45) is 3.96. The number of carbonyl (C=O) groups is 1. The number of nitrogens with one attached hydrogen (secondary N) is 1. The Hall–Kier alpha value is -2.12. The summed E-state index contributed by atoms with van der Waals surface area (Å²) in [7, 11) is -2.02. The van der Waals surface area contributed by atoms with Gasteiger partial charge in [-0.3, -0.25) is 4.79 Å². The zero-order valence-electron chi connectivity index (χ0n) is 13.8. The Kier molecular flexibility index (Phi) is 5.80. The molecule has 1 atom stereocenters. The van der Waals surface area contributed by atoms with Crippen LogP contribution >= 0.6 is 0 Å². The second kappa shape index (κ2) is 7.63. The summed E-state index contributed by atoms with van der Waals surface area (Å²) in [5, 5.41) is 3.16. The topological polar surface area (TPSA) is 69.7 Å². The zero-order chi connectivity index (χ0) is 17.7. The third kappa shape index (κ3) is 3.85. The molecule has 0 aliphatic carbocycles. The molecule has 1 aromatic rings. The average Bonchev–Trinajstić information content (AvgIpc) is 2.89. The van der Waals surface area contributed by atoms with Gasteiger partial charge in [0, 0.05) is 32.4 Å². The molecule has 0 radical (unpaired) electrons. The first kappa shape index (κ1) is 18.2. The Bertz CT molecular complexity index is 713. The minimum atomic E-state index is -3.52. The van der Waals surface area contributed by atoms with E-state index < -0.39 is 10.0 Å². The Balaban J connectivity index is 2.06. The lowest BCUT2D eigenvalue weighted by atomic mass is 10.2. The van der Waals surface area contributed by atoms with E-state index >= 15 is 0 Å². The molecule has 1 fully saturated rings. The Labute approximate surface area is 143 Å². The minimum Gasteiger partial charge on any atom is -0.374 e. The van der Waals surface area contributed by atoms with Gasteiger partial charge in [-0.05, 0) is 30.7 Å². The molecule has 1 amide bonds. The maximum atomic E-state index is 12.3. The van der Waals surface area contributed by atoms with Crippen LogP contribution < -0.4 is 5.32 Å². The third-order valence-electron chi connectivity index (χ3n) is 3.94. The number of nitrogens with zero attached hydrogens (tertiary/aromatic N) is 2. The highest BCUT2D eigenvalue weighted by atomic mass is 32.2. The Morgan fingerprint density at radius 3 is 2.54 bits per heavy atom. The molecule has 1 aromatic carbocycles. The number of likely N-dealkylation sites (tertiary alicyclic amines) is 1. The first-order valence-electron chi connectivity index (χ1n) is 7.73. The number of sulfonamides is 1. The van der Waals surface area contributed by atoms with Gasteiger partial charge in [0.15, 0.2) is 0 Å². The van der Waals surface area contributed by atoms with Crippen molar-refractivity contribution in [3.05, 3.63) is 49.6 Å². The largest absolute Gasteiger partial charge is 0.374 e. The molecule has 2 rings (SSSR count). The van der Waals surface area contributed by atoms with Crippen LogP contribution in [0.15, 0.2) is 54.5 Å². The van der Waals surface area contributed by atoms with E-state index in [9.17, 15) is 13.2 Å². The molecule has 1 N–H and O–H groups in total. The van der Waals surface area contributed by atoms with Crippen molar-refractivity contribution in [1.82, 2.24) is 9.21 Å². The number of carbonyl (C=O) groups excluding carboxylic acids is 1. The molecule has 130 valence electrons. The molecule has 0 saturated carbocycles. The standard InChI is InChI=1S/C17H23N3O3S/c1-4-11-19(3)24(22,23)15-8-6-14(7-9-15)18-16-10-13-20(12-5-2)17(16)21/h4-9,16,18H,1-2,10-13H2,3H3/t16-/m1/s1. The van der Waals surface area contributed by atoms with Crippen LogP contribution in [0.3, 0.4) is 0 Å². The summed E-state index contributed by atoms with van der Waals surface area (Å²) < 4.78 is 25.9. The quantitative estimate of drug-likeness (QED) is 0.725. The SMILES string of the molecule is C=CCN1CC[C@@H](Nc2ccc(S(=O)(=O)N(C)CC=C)cc2)C1=O. The van der Waals surface area contributed by atoms with E-state index in [1.54, 1.807) is 23.1 Å². The number of rotatable bonds is 8. The number of anilines is 1. The van der Waals surface area contributed by atoms with E-state index in [1.807, 2.05) is 0 Å². The molecule has 0 bridgehead atoms. The molecule has 0 spiro atoms. The first-order valence-corrected chi connectivity index (χ1v) is 9.17. The lowest BCUT2D eigenvalue weighted by Gasteiger charge is -2.17. The zero-order valence-corrected chi connectivity index (χ0v) is 14.6. The molecule has 6 nitrogen and oxygen atoms in total. The summed E-state index contributed by atoms with van der Waals surface area (Å²) >= 11 is 0. The molecule has 1 aliphatic rings. The van der Waals surface area contributed by atoms with Crippen LogP contribution in [0.1, 0.15) is 6.42 Å². The van der Waals surface area contributed by atoms with Gasteiger partial charge in [0.1, 0.15) is 6.04 Å². The lowest BCUT2D eigenvalue weighted by Crippen LogP contribution is -2.33. The van der Waals surface area contributed by atoms with Crippen molar-refractivity contribution in [3.63, 3.8) is 0 Å². The van der Waals surface area contributed by atoms with Crippen molar-refractivity contribution in [2.45, 2.75) is 17.4 Å². The highest BCUT2D eigenvalue weighted by Gasteiger charge is 2.30. The molecular formula is C17H23N3O3S. The Morgan fingerprint density at radius 1 is 1.29 bits per heavy atom. The molecular weight excluding hydrogens is 326 g/mol. The average molecular weight is 349 g/mol. The van der Waals surface area contributed by atoms with Gasteiger partial charge in [-0.15, -0.1) is 13.2 Å². The van der Waals surface area contributed by atoms with E-state index in [1.165, 1.54) is 29.6 Å². The molecule has 0 aromatic heterocycles. The molecule has 0 unspecified atom stereocenters. The fraction of sp³-hybridized carbons (Fsp3) is 0.353. The minimum absolute atomic E-state index is 0.0392. The third-order valence-corrected chi connectivity index (χ3v) is 5.77. The van der Waals surface area contributed by atoms with Crippen LogP contribution in [0.5, 0.6) is 0 Å². The van der Waals surface area contributed by atoms with Crippen LogP contribution in [0.2, 0.25) is 0 Å². The second-order valence-corrected chi connectivity index (χ2v) is 7.70.